The Morgan fingerprint density at radius 1 is 1.33 bits per heavy atom. The molecule has 2 aromatic rings. The zero-order valence-electron chi connectivity index (χ0n) is 18.6. The van der Waals surface area contributed by atoms with Crippen LogP contribution in [0.2, 0.25) is 0 Å². The largest absolute Gasteiger partial charge is 0.492 e. The van der Waals surface area contributed by atoms with Gasteiger partial charge in [-0.25, -0.2) is 14.0 Å². The van der Waals surface area contributed by atoms with Crippen LogP contribution in [0, 0.1) is 5.82 Å². The highest BCUT2D eigenvalue weighted by Gasteiger charge is 2.33. The predicted octanol–water partition coefficient (Wildman–Crippen LogP) is 1.90. The second kappa shape index (κ2) is 8.81. The molecule has 1 unspecified atom stereocenters. The van der Waals surface area contributed by atoms with Gasteiger partial charge in [-0.3, -0.25) is 4.79 Å². The molecule has 0 spiro atoms. The summed E-state index contributed by atoms with van der Waals surface area (Å²) in [6.45, 7) is 1.95. The molecule has 1 atom stereocenters. The zero-order chi connectivity index (χ0) is 23.9. The third kappa shape index (κ3) is 4.15. The third-order valence-corrected chi connectivity index (χ3v) is 5.97. The number of aromatic carboxylic acids is 1. The lowest BCUT2D eigenvalue weighted by molar-refractivity contribution is -0.141. The van der Waals surface area contributed by atoms with Crippen molar-refractivity contribution in [1.82, 2.24) is 9.88 Å². The van der Waals surface area contributed by atoms with Crippen LogP contribution in [-0.2, 0) is 9.63 Å². The summed E-state index contributed by atoms with van der Waals surface area (Å²) < 4.78 is 22.8. The molecule has 1 saturated heterocycles. The van der Waals surface area contributed by atoms with Crippen LogP contribution in [-0.4, -0.2) is 60.6 Å². The Kier molecular flexibility index (Phi) is 6.07. The molecule has 2 aliphatic rings. The van der Waals surface area contributed by atoms with Crippen LogP contribution < -0.4 is 20.4 Å². The molecule has 176 valence electrons. The molecule has 1 aromatic heterocycles. The smallest absolute Gasteiger partial charge is 0.341 e. The Morgan fingerprint density at radius 2 is 2.06 bits per heavy atom. The van der Waals surface area contributed by atoms with Gasteiger partial charge in [0.15, 0.2) is 11.6 Å². The van der Waals surface area contributed by atoms with Crippen LogP contribution >= 0.6 is 0 Å². The van der Waals surface area contributed by atoms with E-state index in [9.17, 15) is 19.5 Å². The predicted molar refractivity (Wildman–Crippen MR) is 119 cm³/mol. The number of halogens is 1. The second-order valence-corrected chi connectivity index (χ2v) is 8.15. The number of ether oxygens (including phenoxy) is 1. The maximum atomic E-state index is 15.5. The van der Waals surface area contributed by atoms with E-state index in [4.69, 9.17) is 9.57 Å². The zero-order valence-corrected chi connectivity index (χ0v) is 18.6. The van der Waals surface area contributed by atoms with Gasteiger partial charge >= 0.3 is 11.9 Å². The number of carboxylic acids is 1. The van der Waals surface area contributed by atoms with Gasteiger partial charge in [0, 0.05) is 38.7 Å². The van der Waals surface area contributed by atoms with Crippen molar-refractivity contribution in [2.75, 3.05) is 32.1 Å². The van der Waals surface area contributed by atoms with Gasteiger partial charge in [-0.1, -0.05) is 5.16 Å². The SMILES string of the molecule is CNC1CN(c2c(F)cc3c(=O)c(C(=O)O)cn(C4CC4)c3c2OC)CC/C1=N\OC(C)=O. The normalized spacial score (nSPS) is 19.7. The summed E-state index contributed by atoms with van der Waals surface area (Å²) in [5.41, 5.74) is 0.0504. The number of likely N-dealkylation sites (N-methyl/N-ethyl adjacent to an activating group) is 1. The highest BCUT2D eigenvalue weighted by molar-refractivity contribution is 5.98. The van der Waals surface area contributed by atoms with Gasteiger partial charge in [-0.05, 0) is 26.0 Å². The standard InChI is InChI=1S/C22H25FN4O6/c1-11(28)33-25-16-6-7-26(10-17(16)24-2)19-15(23)8-13-18(21(19)32-3)27(12-4-5-12)9-14(20(13)29)22(30)31/h8-9,12,17,24H,4-7,10H2,1-3H3,(H,30,31)/b25-16+. The van der Waals surface area contributed by atoms with Gasteiger partial charge in [0.1, 0.15) is 11.3 Å². The maximum absolute atomic E-state index is 15.5. The number of fused-ring (bicyclic) bond motifs is 1. The number of hydrogen-bond acceptors (Lipinski definition) is 8. The topological polar surface area (TPSA) is 122 Å². The highest BCUT2D eigenvalue weighted by atomic mass is 19.1. The number of oxime groups is 1. The number of nitrogens with one attached hydrogen (secondary N) is 1. The molecule has 1 saturated carbocycles. The average Bonchev–Trinajstić information content (AvgIpc) is 3.62. The van der Waals surface area contributed by atoms with Gasteiger partial charge in [0.2, 0.25) is 5.43 Å². The van der Waals surface area contributed by atoms with E-state index < -0.39 is 28.7 Å². The summed E-state index contributed by atoms with van der Waals surface area (Å²) in [5.74, 6) is -2.38. The monoisotopic (exact) mass is 460 g/mol. The van der Waals surface area contributed by atoms with Crippen LogP contribution in [0.15, 0.2) is 22.2 Å². The average molecular weight is 460 g/mol. The minimum atomic E-state index is -1.35. The Hall–Kier alpha value is -3.47. The van der Waals surface area contributed by atoms with Gasteiger partial charge < -0.3 is 29.5 Å². The number of nitrogens with zero attached hydrogens (tertiary/aromatic N) is 3. The van der Waals surface area contributed by atoms with Gasteiger partial charge in [-0.2, -0.15) is 0 Å². The van der Waals surface area contributed by atoms with E-state index in [2.05, 4.69) is 10.5 Å². The van der Waals surface area contributed by atoms with Crippen LogP contribution in [0.1, 0.15) is 42.6 Å². The minimum Gasteiger partial charge on any atom is -0.492 e. The van der Waals surface area contributed by atoms with E-state index >= 15 is 4.39 Å². The first-order chi connectivity index (χ1) is 15.8. The molecule has 2 N–H and O–H groups in total. The second-order valence-electron chi connectivity index (χ2n) is 8.15. The Morgan fingerprint density at radius 3 is 2.64 bits per heavy atom. The molecule has 11 heteroatoms. The van der Waals surface area contributed by atoms with E-state index in [1.54, 1.807) is 16.5 Å². The van der Waals surface area contributed by atoms with E-state index in [1.165, 1.54) is 20.2 Å². The van der Waals surface area contributed by atoms with E-state index in [1.807, 2.05) is 0 Å². The summed E-state index contributed by atoms with van der Waals surface area (Å²) in [6, 6.07) is 0.808. The molecule has 4 rings (SSSR count). The quantitative estimate of drug-likeness (QED) is 0.495. The van der Waals surface area contributed by atoms with Crippen LogP contribution in [0.3, 0.4) is 0 Å². The molecular formula is C22H25FN4O6. The third-order valence-electron chi connectivity index (χ3n) is 5.97. The lowest BCUT2D eigenvalue weighted by atomic mass is 10.0. The van der Waals surface area contributed by atoms with Crippen LogP contribution in [0.25, 0.3) is 10.9 Å². The molecule has 2 heterocycles. The van der Waals surface area contributed by atoms with E-state index in [0.717, 1.165) is 18.9 Å². The van der Waals surface area contributed by atoms with Gasteiger partial charge in [0.25, 0.3) is 0 Å². The first kappa shape index (κ1) is 22.7. The Bertz CT molecular complexity index is 1220. The van der Waals surface area contributed by atoms with Crippen LogP contribution in [0.4, 0.5) is 10.1 Å². The van der Waals surface area contributed by atoms with Crippen molar-refractivity contribution in [2.24, 2.45) is 5.16 Å². The molecule has 33 heavy (non-hydrogen) atoms. The van der Waals surface area contributed by atoms with Crippen LogP contribution in [0.5, 0.6) is 5.75 Å². The van der Waals surface area contributed by atoms with Crippen molar-refractivity contribution >= 4 is 34.2 Å². The molecule has 0 bridgehead atoms. The summed E-state index contributed by atoms with van der Waals surface area (Å²) in [6.07, 6.45) is 3.39. The molecular weight excluding hydrogens is 435 g/mol. The number of piperidine rings is 1. The fraction of sp³-hybridized carbons (Fsp3) is 0.455. The highest BCUT2D eigenvalue weighted by Crippen LogP contribution is 2.44. The molecule has 1 aliphatic heterocycles. The number of anilines is 1. The summed E-state index contributed by atoms with van der Waals surface area (Å²) >= 11 is 0. The number of methoxy groups -OCH3 is 1. The van der Waals surface area contributed by atoms with Crippen molar-refractivity contribution < 1.29 is 28.7 Å². The maximum Gasteiger partial charge on any atom is 0.341 e. The van der Waals surface area contributed by atoms with E-state index in [-0.39, 0.29) is 28.9 Å². The minimum absolute atomic E-state index is 0.0206. The molecule has 10 nitrogen and oxygen atoms in total. The molecule has 0 amide bonds. The lowest BCUT2D eigenvalue weighted by Gasteiger charge is -2.36. The molecule has 1 aliphatic carbocycles. The number of carboxylic acid groups (broad SMARTS) is 1. The first-order valence-corrected chi connectivity index (χ1v) is 10.6. The number of carbonyl (C=O) groups excluding carboxylic acids is 1. The number of benzene rings is 1. The lowest BCUT2D eigenvalue weighted by Crippen LogP contribution is -2.51. The molecule has 0 radical (unpaired) electrons. The summed E-state index contributed by atoms with van der Waals surface area (Å²) in [7, 11) is 3.13. The van der Waals surface area contributed by atoms with Crippen molar-refractivity contribution in [3.8, 4) is 5.75 Å². The number of rotatable bonds is 6. The van der Waals surface area contributed by atoms with Gasteiger partial charge in [-0.15, -0.1) is 0 Å². The van der Waals surface area contributed by atoms with E-state index in [0.29, 0.717) is 30.7 Å². The fourth-order valence-electron chi connectivity index (χ4n) is 4.26. The Labute approximate surface area is 188 Å². The number of hydrogen-bond donors (Lipinski definition) is 2. The van der Waals surface area contributed by atoms with Crippen molar-refractivity contribution in [3.05, 3.63) is 33.9 Å². The van der Waals surface area contributed by atoms with Gasteiger partial charge in [0.05, 0.1) is 29.8 Å². The molecule has 2 fully saturated rings. The number of pyridine rings is 1. The summed E-state index contributed by atoms with van der Waals surface area (Å²) in [4.78, 5) is 42.1. The fourth-order valence-corrected chi connectivity index (χ4v) is 4.26. The summed E-state index contributed by atoms with van der Waals surface area (Å²) in [5, 5.41) is 16.4. The van der Waals surface area contributed by atoms with Crippen molar-refractivity contribution in [3.63, 3.8) is 0 Å². The number of carbonyl (C=O) groups is 2. The Balaban J connectivity index is 1.85. The van der Waals surface area contributed by atoms with Crippen molar-refractivity contribution in [2.45, 2.75) is 38.3 Å². The number of aromatic nitrogens is 1. The molecule has 1 aromatic carbocycles. The van der Waals surface area contributed by atoms with Crippen molar-refractivity contribution in [1.29, 1.82) is 0 Å². The first-order valence-electron chi connectivity index (χ1n) is 10.6.